The van der Waals surface area contributed by atoms with Crippen LogP contribution in [-0.2, 0) is 42.5 Å². The molecule has 0 N–H and O–H groups in total. The summed E-state index contributed by atoms with van der Waals surface area (Å²) in [5, 5.41) is -0.617. The van der Waals surface area contributed by atoms with E-state index in [2.05, 4.69) is 4.98 Å². The molecular formula is C37H40F4N4O2S. The molecule has 0 atom stereocenters. The second-order valence-electron chi connectivity index (χ2n) is 10.7. The van der Waals surface area contributed by atoms with Crippen molar-refractivity contribution in [3.8, 4) is 11.1 Å². The number of hydrogen-bond donors (Lipinski definition) is 0. The van der Waals surface area contributed by atoms with Crippen molar-refractivity contribution >= 4 is 17.7 Å². The topological polar surface area (TPSA) is 58.4 Å². The lowest BCUT2D eigenvalue weighted by molar-refractivity contribution is -0.138. The van der Waals surface area contributed by atoms with Gasteiger partial charge in [0.05, 0.1) is 20.6 Å². The Morgan fingerprint density at radius 3 is 2.35 bits per heavy atom. The van der Waals surface area contributed by atoms with Gasteiger partial charge < -0.3 is 14.4 Å². The minimum absolute atomic E-state index is 0.0217. The number of hydrogen-bond acceptors (Lipinski definition) is 5. The van der Waals surface area contributed by atoms with Crippen molar-refractivity contribution in [1.82, 2.24) is 19.4 Å². The number of halogens is 4. The van der Waals surface area contributed by atoms with E-state index in [0.29, 0.717) is 29.0 Å². The molecule has 6 nitrogen and oxygen atoms in total. The minimum Gasteiger partial charge on any atom is -0.336 e. The summed E-state index contributed by atoms with van der Waals surface area (Å²) in [7, 11) is 0. The van der Waals surface area contributed by atoms with Crippen LogP contribution in [0.5, 0.6) is 0 Å². The smallest absolute Gasteiger partial charge is 0.336 e. The summed E-state index contributed by atoms with van der Waals surface area (Å²) in [6.45, 7) is -2.49. The van der Waals surface area contributed by atoms with E-state index in [1.54, 1.807) is 18.7 Å². The maximum Gasteiger partial charge on any atom is 0.416 e. The zero-order chi connectivity index (χ0) is 45.9. The lowest BCUT2D eigenvalue weighted by Crippen LogP contribution is -2.40. The quantitative estimate of drug-likeness (QED) is 0.0824. The Hall–Kier alpha value is -3.96. The Bertz CT molecular complexity index is 2390. The van der Waals surface area contributed by atoms with Crippen LogP contribution in [0.4, 0.5) is 17.6 Å². The summed E-state index contributed by atoms with van der Waals surface area (Å²) in [6, 6.07) is -4.01. The highest BCUT2D eigenvalue weighted by molar-refractivity contribution is 7.98. The van der Waals surface area contributed by atoms with Gasteiger partial charge in [-0.1, -0.05) is 74.0 Å². The molecule has 1 aliphatic carbocycles. The average molecular weight is 694 g/mol. The molecule has 0 saturated heterocycles. The Labute approximate surface area is 301 Å². The number of carbonyl (C=O) groups excluding carboxylic acids is 1. The first-order chi connectivity index (χ1) is 28.2. The van der Waals surface area contributed by atoms with Crippen LogP contribution in [0.3, 0.4) is 0 Å². The summed E-state index contributed by atoms with van der Waals surface area (Å²) >= 11 is 0.246. The van der Waals surface area contributed by atoms with Crippen molar-refractivity contribution in [2.45, 2.75) is 70.1 Å². The average Bonchev–Trinajstić information content (AvgIpc) is 3.66. The minimum atomic E-state index is -5.16. The predicted octanol–water partition coefficient (Wildman–Crippen LogP) is 7.53. The number of carbonyl (C=O) groups is 1. The van der Waals surface area contributed by atoms with Gasteiger partial charge in [0.2, 0.25) is 5.91 Å². The molecule has 5 rings (SSSR count). The van der Waals surface area contributed by atoms with E-state index in [-0.39, 0.29) is 48.0 Å². The number of likely N-dealkylation sites (N-methyl/N-ethyl adjacent to an activating group) is 1. The molecule has 48 heavy (non-hydrogen) atoms. The third-order valence-corrected chi connectivity index (χ3v) is 8.40. The number of aromatic nitrogens is 2. The van der Waals surface area contributed by atoms with Gasteiger partial charge in [-0.05, 0) is 85.3 Å². The molecule has 1 aliphatic rings. The van der Waals surface area contributed by atoms with Crippen LogP contribution < -0.4 is 5.56 Å². The fourth-order valence-corrected chi connectivity index (χ4v) is 5.73. The van der Waals surface area contributed by atoms with E-state index in [9.17, 15) is 32.6 Å². The normalized spacial score (nSPS) is 17.6. The van der Waals surface area contributed by atoms with Gasteiger partial charge in [0.15, 0.2) is 5.16 Å². The van der Waals surface area contributed by atoms with E-state index in [0.717, 1.165) is 31.2 Å². The highest BCUT2D eigenvalue weighted by Gasteiger charge is 2.32. The Morgan fingerprint density at radius 2 is 1.69 bits per heavy atom. The predicted molar refractivity (Wildman–Crippen MR) is 181 cm³/mol. The first-order valence-corrected chi connectivity index (χ1v) is 15.9. The van der Waals surface area contributed by atoms with Gasteiger partial charge in [-0.25, -0.2) is 4.39 Å². The molecule has 254 valence electrons. The molecule has 11 heteroatoms. The summed E-state index contributed by atoms with van der Waals surface area (Å²) in [6.07, 6.45) is -4.69. The highest BCUT2D eigenvalue weighted by Crippen LogP contribution is 2.34. The standard InChI is InChI=1S/C37H40F4N4O2S/c1-4-43(5-2)19-20-44(22-26-9-13-28(14-10-26)29-15-18-32(25(3)21-29)37(39,40)41)34(46)23-45-33-8-6-7-31(33)35(47)42-36(45)48-24-27-11-16-30(38)17-12-27/h9-18,21H,4-8,19-20,22-24H2,1-3H3/i9D,10D,13D,14D,15D,18D,21D,22D2,23D2,24D2. The zero-order valence-corrected chi connectivity index (χ0v) is 27.1. The van der Waals surface area contributed by atoms with Gasteiger partial charge in [0.1, 0.15) is 12.3 Å². The maximum atomic E-state index is 14.9. The molecule has 0 saturated carbocycles. The van der Waals surface area contributed by atoms with Crippen molar-refractivity contribution in [1.29, 1.82) is 0 Å². The Kier molecular flexibility index (Phi) is 7.07. The summed E-state index contributed by atoms with van der Waals surface area (Å²) in [4.78, 5) is 34.2. The van der Waals surface area contributed by atoms with Gasteiger partial charge in [-0.15, -0.1) is 0 Å². The van der Waals surface area contributed by atoms with Gasteiger partial charge in [-0.3, -0.25) is 9.59 Å². The zero-order valence-electron chi connectivity index (χ0n) is 39.3. The second-order valence-corrected chi connectivity index (χ2v) is 11.5. The Morgan fingerprint density at radius 1 is 1.00 bits per heavy atom. The van der Waals surface area contributed by atoms with E-state index >= 15 is 0 Å². The largest absolute Gasteiger partial charge is 0.416 e. The van der Waals surface area contributed by atoms with Crippen molar-refractivity contribution in [2.75, 3.05) is 26.2 Å². The number of nitrogens with zero attached hydrogens (tertiary/aromatic N) is 4. The molecule has 4 aromatic rings. The number of fused-ring (bicyclic) bond motifs is 1. The summed E-state index contributed by atoms with van der Waals surface area (Å²) in [5.74, 6) is -2.33. The fourth-order valence-electron chi connectivity index (χ4n) is 5.01. The molecule has 0 unspecified atom stereocenters. The molecule has 1 amide bonds. The molecule has 1 heterocycles. The van der Waals surface area contributed by atoms with E-state index < -0.39 is 124 Å². The van der Waals surface area contributed by atoms with Gasteiger partial charge in [-0.2, -0.15) is 18.2 Å². The molecule has 0 fully saturated rings. The summed E-state index contributed by atoms with van der Waals surface area (Å²) in [5.41, 5.74) is -8.67. The SMILES string of the molecule is [2H]c1c([2H])c(C([2H])([2H])N(CCN(CC)CC)C(=O)C([2H])([2H])n2c(SC([2H])([2H])c3ccc(F)cc3)nc(=O)c3c2CCC3)c([2H])c([2H])c1-c1c([2H])c([2H])c(C(F)(F)F)c(C)c1[2H]. The van der Waals surface area contributed by atoms with E-state index in [4.69, 9.17) is 12.3 Å². The van der Waals surface area contributed by atoms with Crippen LogP contribution >= 0.6 is 11.8 Å². The third kappa shape index (κ3) is 8.54. The number of benzene rings is 3. The van der Waals surface area contributed by atoms with E-state index in [1.165, 1.54) is 0 Å². The lowest BCUT2D eigenvalue weighted by Gasteiger charge is -2.28. The number of alkyl halides is 3. The molecule has 0 aliphatic heterocycles. The van der Waals surface area contributed by atoms with Crippen LogP contribution in [-0.4, -0.2) is 51.4 Å². The van der Waals surface area contributed by atoms with Crippen molar-refractivity contribution in [2.24, 2.45) is 0 Å². The van der Waals surface area contributed by atoms with Crippen LogP contribution in [0.1, 0.15) is 71.6 Å². The first-order valence-electron chi connectivity index (χ1n) is 21.6. The summed E-state index contributed by atoms with van der Waals surface area (Å²) < 4.78 is 171. The van der Waals surface area contributed by atoms with Crippen molar-refractivity contribution < 1.29 is 40.2 Å². The molecular weight excluding hydrogens is 640 g/mol. The van der Waals surface area contributed by atoms with E-state index in [1.807, 2.05) is 0 Å². The van der Waals surface area contributed by atoms with Crippen molar-refractivity contribution in [3.05, 3.63) is 116 Å². The molecule has 3 aromatic carbocycles. The van der Waals surface area contributed by atoms with Gasteiger partial charge in [0, 0.05) is 39.3 Å². The third-order valence-electron chi connectivity index (χ3n) is 7.60. The van der Waals surface area contributed by atoms with Crippen LogP contribution in [0.2, 0.25) is 0 Å². The highest BCUT2D eigenvalue weighted by atomic mass is 32.2. The molecule has 0 spiro atoms. The fraction of sp³-hybridized carbons (Fsp3) is 0.378. The lowest BCUT2D eigenvalue weighted by atomic mass is 9.98. The maximum absolute atomic E-state index is 14.9. The molecule has 0 radical (unpaired) electrons. The van der Waals surface area contributed by atoms with Gasteiger partial charge >= 0.3 is 6.18 Å². The van der Waals surface area contributed by atoms with Crippen LogP contribution in [0, 0.1) is 12.7 Å². The monoisotopic (exact) mass is 693 g/mol. The van der Waals surface area contributed by atoms with Crippen LogP contribution in [0.15, 0.2) is 76.5 Å². The number of thioether (sulfide) groups is 1. The molecule has 1 aromatic heterocycles. The first kappa shape index (κ1) is 21.9. The Balaban J connectivity index is 1.73. The number of rotatable bonds is 13. The second kappa shape index (κ2) is 15.5. The number of amides is 1. The van der Waals surface area contributed by atoms with Gasteiger partial charge in [0.25, 0.3) is 5.56 Å². The van der Waals surface area contributed by atoms with Crippen LogP contribution in [0.25, 0.3) is 11.1 Å². The van der Waals surface area contributed by atoms with Crippen molar-refractivity contribution in [3.63, 3.8) is 0 Å². The molecule has 0 bridgehead atoms.